The van der Waals surface area contributed by atoms with Crippen LogP contribution in [0.1, 0.15) is 29.2 Å². The molecule has 0 amide bonds. The summed E-state index contributed by atoms with van der Waals surface area (Å²) in [6.45, 7) is -0.0298. The normalized spacial score (nSPS) is 18.5. The quantitative estimate of drug-likeness (QED) is 0.200. The van der Waals surface area contributed by atoms with Crippen LogP contribution >= 0.6 is 0 Å². The van der Waals surface area contributed by atoms with E-state index < -0.39 is 29.4 Å². The maximum atomic E-state index is 15.8. The molecule has 0 spiro atoms. The molecule has 4 aromatic rings. The summed E-state index contributed by atoms with van der Waals surface area (Å²) >= 11 is 0. The van der Waals surface area contributed by atoms with Gasteiger partial charge in [0.05, 0.1) is 14.2 Å². The Morgan fingerprint density at radius 3 is 1.93 bits per heavy atom. The number of alkyl halides is 2. The molecule has 0 bridgehead atoms. The topological polar surface area (TPSA) is 78.1 Å². The number of nitrogens with one attached hydrogen (secondary N) is 1. The highest BCUT2D eigenvalue weighted by Crippen LogP contribution is 2.45. The fourth-order valence-corrected chi connectivity index (χ4v) is 5.34. The Labute approximate surface area is 243 Å². The van der Waals surface area contributed by atoms with E-state index in [1.54, 1.807) is 14.2 Å². The van der Waals surface area contributed by atoms with Gasteiger partial charge in [-0.25, -0.2) is 13.2 Å². The van der Waals surface area contributed by atoms with Crippen molar-refractivity contribution in [1.82, 2.24) is 5.32 Å². The van der Waals surface area contributed by atoms with Crippen molar-refractivity contribution in [2.75, 3.05) is 33.2 Å². The highest BCUT2D eigenvalue weighted by atomic mass is 19.3. The Balaban J connectivity index is 1.77. The summed E-state index contributed by atoms with van der Waals surface area (Å²) in [5.41, 5.74) is 4.61. The number of hydrogen-bond acceptors (Lipinski definition) is 6. The van der Waals surface area contributed by atoms with Gasteiger partial charge in [-0.2, -0.15) is 0 Å². The lowest BCUT2D eigenvalue weighted by Crippen LogP contribution is -2.50. The smallest absolute Gasteiger partial charge is 0.299 e. The molecule has 0 saturated heterocycles. The van der Waals surface area contributed by atoms with Gasteiger partial charge in [0.1, 0.15) is 41.9 Å². The second kappa shape index (κ2) is 11.4. The van der Waals surface area contributed by atoms with Crippen molar-refractivity contribution >= 4 is 11.5 Å². The first kappa shape index (κ1) is 29.0. The number of aliphatic imine (C=N–C) groups is 1. The predicted molar refractivity (Wildman–Crippen MR) is 157 cm³/mol. The molecule has 0 aromatic heterocycles. The lowest BCUT2D eigenvalue weighted by Gasteiger charge is -2.39. The highest BCUT2D eigenvalue weighted by molar-refractivity contribution is 5.86. The van der Waals surface area contributed by atoms with Crippen LogP contribution in [0.5, 0.6) is 11.5 Å². The molecule has 1 aliphatic heterocycles. The number of benzene rings is 4. The van der Waals surface area contributed by atoms with Crippen molar-refractivity contribution in [3.05, 3.63) is 125 Å². The standard InChI is InChI=1S/C33H32F3N3O3/c1-31(28-19-25(37)13-18-29(28)34)32(35,36)21-42-20-30(38-31)39-33(22-7-5-4-6-8-22,23-9-14-26(40-2)15-10-23)24-11-16-27(41-3)17-12-24/h4-19H,20-21,37H2,1-3H3,(H,38,39)/t31-/m1/s1. The van der Waals surface area contributed by atoms with Crippen molar-refractivity contribution in [1.29, 1.82) is 0 Å². The molecule has 0 aliphatic carbocycles. The number of hydrogen-bond donors (Lipinski definition) is 2. The molecule has 42 heavy (non-hydrogen) atoms. The molecule has 3 N–H and O–H groups in total. The number of methoxy groups -OCH3 is 2. The minimum absolute atomic E-state index is 0.104. The lowest BCUT2D eigenvalue weighted by atomic mass is 9.76. The van der Waals surface area contributed by atoms with E-state index in [9.17, 15) is 0 Å². The van der Waals surface area contributed by atoms with Crippen LogP contribution in [0.4, 0.5) is 18.9 Å². The van der Waals surface area contributed by atoms with Gasteiger partial charge in [0, 0.05) is 11.3 Å². The number of ether oxygens (including phenoxy) is 3. The van der Waals surface area contributed by atoms with E-state index >= 15 is 13.2 Å². The Kier molecular flexibility index (Phi) is 7.88. The van der Waals surface area contributed by atoms with Crippen LogP contribution < -0.4 is 20.5 Å². The Morgan fingerprint density at radius 1 is 0.833 bits per heavy atom. The van der Waals surface area contributed by atoms with E-state index in [2.05, 4.69) is 10.3 Å². The van der Waals surface area contributed by atoms with E-state index in [1.165, 1.54) is 19.1 Å². The molecule has 0 unspecified atom stereocenters. The van der Waals surface area contributed by atoms with Crippen LogP contribution in [-0.2, 0) is 15.8 Å². The van der Waals surface area contributed by atoms with Crippen LogP contribution in [0.2, 0.25) is 0 Å². The van der Waals surface area contributed by atoms with Gasteiger partial charge in [0.2, 0.25) is 0 Å². The molecule has 1 heterocycles. The summed E-state index contributed by atoms with van der Waals surface area (Å²) in [4.78, 5) is 4.55. The van der Waals surface area contributed by atoms with Crippen molar-refractivity contribution in [2.24, 2.45) is 4.99 Å². The van der Waals surface area contributed by atoms with E-state index in [0.29, 0.717) is 11.5 Å². The number of nitrogens with two attached hydrogens (primary N) is 1. The summed E-state index contributed by atoms with van der Waals surface area (Å²) in [5.74, 6) is -2.99. The lowest BCUT2D eigenvalue weighted by molar-refractivity contribution is -0.116. The van der Waals surface area contributed by atoms with Gasteiger partial charge < -0.3 is 25.3 Å². The summed E-state index contributed by atoms with van der Waals surface area (Å²) in [5, 5.41) is 3.49. The SMILES string of the molecule is COc1ccc(C(NC2=N[C@](C)(c3cc(N)ccc3F)C(F)(F)COC2)(c2ccccc2)c2ccc(OC)cc2)cc1. The molecular formula is C33H32F3N3O3. The molecular weight excluding hydrogens is 543 g/mol. The number of halogens is 3. The molecule has 1 atom stereocenters. The first-order valence-corrected chi connectivity index (χ1v) is 13.4. The van der Waals surface area contributed by atoms with Crippen LogP contribution in [-0.4, -0.2) is 39.2 Å². The summed E-state index contributed by atoms with van der Waals surface area (Å²) in [6, 6.07) is 28.0. The zero-order valence-corrected chi connectivity index (χ0v) is 23.5. The molecule has 0 radical (unpaired) electrons. The monoisotopic (exact) mass is 575 g/mol. The molecule has 1 aliphatic rings. The minimum atomic E-state index is -3.55. The number of anilines is 1. The van der Waals surface area contributed by atoms with Crippen LogP contribution in [0.3, 0.4) is 0 Å². The fourth-order valence-electron chi connectivity index (χ4n) is 5.34. The van der Waals surface area contributed by atoms with Crippen LogP contribution in [0.25, 0.3) is 0 Å². The molecule has 218 valence electrons. The number of amidine groups is 1. The van der Waals surface area contributed by atoms with Gasteiger partial charge in [-0.3, -0.25) is 4.99 Å². The van der Waals surface area contributed by atoms with Crippen molar-refractivity contribution < 1.29 is 27.4 Å². The molecule has 0 fully saturated rings. The van der Waals surface area contributed by atoms with Gasteiger partial charge in [-0.1, -0.05) is 54.6 Å². The largest absolute Gasteiger partial charge is 0.497 e. The van der Waals surface area contributed by atoms with Gasteiger partial charge in [-0.15, -0.1) is 0 Å². The van der Waals surface area contributed by atoms with Crippen LogP contribution in [0, 0.1) is 5.82 Å². The zero-order valence-electron chi connectivity index (χ0n) is 23.5. The maximum Gasteiger partial charge on any atom is 0.299 e. The number of nitrogen functional groups attached to an aromatic ring is 1. The Morgan fingerprint density at radius 2 is 1.38 bits per heavy atom. The minimum Gasteiger partial charge on any atom is -0.497 e. The van der Waals surface area contributed by atoms with E-state index in [-0.39, 0.29) is 23.7 Å². The van der Waals surface area contributed by atoms with Crippen molar-refractivity contribution in [3.63, 3.8) is 0 Å². The number of rotatable bonds is 7. The number of nitrogens with zero attached hydrogens (tertiary/aromatic N) is 1. The van der Waals surface area contributed by atoms with Gasteiger partial charge >= 0.3 is 0 Å². The van der Waals surface area contributed by atoms with Gasteiger partial charge in [0.25, 0.3) is 5.92 Å². The van der Waals surface area contributed by atoms with E-state index in [4.69, 9.17) is 19.9 Å². The van der Waals surface area contributed by atoms with Crippen molar-refractivity contribution in [2.45, 2.75) is 23.9 Å². The van der Waals surface area contributed by atoms with E-state index in [1.807, 2.05) is 78.9 Å². The molecule has 0 saturated carbocycles. The third-order valence-corrected chi connectivity index (χ3v) is 7.69. The average molecular weight is 576 g/mol. The molecule has 9 heteroatoms. The Bertz CT molecular complexity index is 1510. The third kappa shape index (κ3) is 5.16. The zero-order chi connectivity index (χ0) is 30.0. The molecule has 6 nitrogen and oxygen atoms in total. The fraction of sp³-hybridized carbons (Fsp3) is 0.242. The first-order valence-electron chi connectivity index (χ1n) is 13.4. The molecule has 5 rings (SSSR count). The van der Waals surface area contributed by atoms with Gasteiger partial charge in [-0.05, 0) is 66.1 Å². The maximum absolute atomic E-state index is 15.8. The van der Waals surface area contributed by atoms with Crippen molar-refractivity contribution in [3.8, 4) is 11.5 Å². The summed E-state index contributed by atoms with van der Waals surface area (Å²) in [6.07, 6.45) is 0. The Hall–Kier alpha value is -4.50. The van der Waals surface area contributed by atoms with Gasteiger partial charge in [0.15, 0.2) is 5.54 Å². The summed E-state index contributed by atoms with van der Waals surface area (Å²) in [7, 11) is 3.16. The second-order valence-corrected chi connectivity index (χ2v) is 10.3. The second-order valence-electron chi connectivity index (χ2n) is 10.3. The predicted octanol–water partition coefficient (Wildman–Crippen LogP) is 6.29. The van der Waals surface area contributed by atoms with E-state index in [0.717, 1.165) is 22.8 Å². The first-order chi connectivity index (χ1) is 20.1. The molecule has 4 aromatic carbocycles. The van der Waals surface area contributed by atoms with Crippen LogP contribution in [0.15, 0.2) is 102 Å². The summed E-state index contributed by atoms with van der Waals surface area (Å²) < 4.78 is 62.9. The highest BCUT2D eigenvalue weighted by Gasteiger charge is 2.55. The average Bonchev–Trinajstić information content (AvgIpc) is 3.12. The third-order valence-electron chi connectivity index (χ3n) is 7.69.